The fourth-order valence-corrected chi connectivity index (χ4v) is 0.581. The zero-order valence-electron chi connectivity index (χ0n) is 6.38. The molecule has 0 unspecified atom stereocenters. The van der Waals surface area contributed by atoms with E-state index in [2.05, 4.69) is 0 Å². The number of halogens is 3. The van der Waals surface area contributed by atoms with Crippen molar-refractivity contribution >= 4 is 5.97 Å². The molecule has 6 heteroatoms. The first-order valence-corrected chi connectivity index (χ1v) is 4.93. The quantitative estimate of drug-likeness (QED) is 0.748. The number of carboxylic acid groups (broad SMARTS) is 1. The average molecular weight is 227 g/mol. The maximum absolute atomic E-state index is 10.2. The van der Waals surface area contributed by atoms with E-state index in [0.29, 0.717) is 5.56 Å². The van der Waals surface area contributed by atoms with Crippen molar-refractivity contribution in [1.29, 1.82) is 0 Å². The van der Waals surface area contributed by atoms with Gasteiger partial charge in [-0.2, -0.15) is 0 Å². The second-order valence-electron chi connectivity index (χ2n) is 1.89. The molecular weight excluding hydrogens is 221 g/mol. The number of carbonyl (C=O) groups is 1. The first kappa shape index (κ1) is 12.2. The third-order valence-electron chi connectivity index (χ3n) is 1.02. The van der Waals surface area contributed by atoms with Gasteiger partial charge in [0.1, 0.15) is 0 Å². The van der Waals surface area contributed by atoms with Crippen LogP contribution in [0.2, 0.25) is 0 Å². The zero-order chi connectivity index (χ0) is 10.3. The predicted molar refractivity (Wildman–Crippen MR) is 36.7 cm³/mol. The first-order valence-electron chi connectivity index (χ1n) is 3.16. The Kier molecular flexibility index (Phi) is 6.27. The molecule has 71 valence electrons. The van der Waals surface area contributed by atoms with E-state index < -0.39 is 25.4 Å². The van der Waals surface area contributed by atoms with E-state index in [1.165, 1.54) is 0 Å². The van der Waals surface area contributed by atoms with Gasteiger partial charge in [0.15, 0.2) is 0 Å². The Labute approximate surface area is 80.9 Å². The van der Waals surface area contributed by atoms with Gasteiger partial charge in [-0.05, 0) is 12.1 Å². The van der Waals surface area contributed by atoms with E-state index in [9.17, 15) is 14.1 Å². The van der Waals surface area contributed by atoms with Crippen molar-refractivity contribution in [2.45, 2.75) is 0 Å². The molecule has 2 nitrogen and oxygen atoms in total. The average Bonchev–Trinajstić information content (AvgIpc) is 2.05. The molecule has 0 radical (unpaired) electrons. The summed E-state index contributed by atoms with van der Waals surface area (Å²) in [5, 5.41) is 8.38. The standard InChI is InChI=1S/C7H6O2.3FH.Ti/c8-7(9)6-4-2-1-3-5-6;;;;/h1-5H,(H,8,9);3*1H;/q;;;;+3/p-3. The molecule has 1 aromatic rings. The van der Waals surface area contributed by atoms with Gasteiger partial charge < -0.3 is 5.11 Å². The van der Waals surface area contributed by atoms with Crippen molar-refractivity contribution < 1.29 is 38.7 Å². The van der Waals surface area contributed by atoms with Crippen molar-refractivity contribution in [1.82, 2.24) is 0 Å². The molecule has 0 bridgehead atoms. The maximum atomic E-state index is 10.2. The summed E-state index contributed by atoms with van der Waals surface area (Å²) in [5.41, 5.74) is 0.331. The van der Waals surface area contributed by atoms with Crippen LogP contribution in [-0.2, 0) is 19.5 Å². The van der Waals surface area contributed by atoms with Crippen LogP contribution in [0.3, 0.4) is 0 Å². The SMILES string of the molecule is O=C(O)c1ccccc1.[F][Ti]([F])[F]. The van der Waals surface area contributed by atoms with E-state index >= 15 is 0 Å². The van der Waals surface area contributed by atoms with E-state index in [1.807, 2.05) is 0 Å². The molecule has 0 saturated carbocycles. The van der Waals surface area contributed by atoms with E-state index in [0.717, 1.165) is 0 Å². The van der Waals surface area contributed by atoms with E-state index in [-0.39, 0.29) is 0 Å². The van der Waals surface area contributed by atoms with Crippen molar-refractivity contribution in [3.05, 3.63) is 35.9 Å². The van der Waals surface area contributed by atoms with Crippen molar-refractivity contribution in [3.63, 3.8) is 0 Å². The van der Waals surface area contributed by atoms with Crippen LogP contribution in [0.5, 0.6) is 0 Å². The van der Waals surface area contributed by atoms with Gasteiger partial charge in [-0.3, -0.25) is 0 Å². The number of hydrogen-bond acceptors (Lipinski definition) is 1. The second kappa shape index (κ2) is 6.68. The molecule has 0 aliphatic carbocycles. The van der Waals surface area contributed by atoms with Gasteiger partial charge >= 0.3 is 34.7 Å². The van der Waals surface area contributed by atoms with Gasteiger partial charge in [0.25, 0.3) is 0 Å². The molecule has 0 heterocycles. The summed E-state index contributed by atoms with van der Waals surface area (Å²) in [6, 6.07) is 8.30. The van der Waals surface area contributed by atoms with Gasteiger partial charge in [-0.15, -0.1) is 0 Å². The monoisotopic (exact) mass is 227 g/mol. The molecule has 0 spiro atoms. The molecular formula is C7H6F3O2Ti. The molecule has 1 rings (SSSR count). The van der Waals surface area contributed by atoms with Crippen LogP contribution >= 0.6 is 0 Å². The third kappa shape index (κ3) is 7.55. The van der Waals surface area contributed by atoms with Crippen LogP contribution in [-0.4, -0.2) is 11.1 Å². The van der Waals surface area contributed by atoms with Crippen LogP contribution in [0.1, 0.15) is 10.4 Å². The molecule has 0 atom stereocenters. The summed E-state index contributed by atoms with van der Waals surface area (Å²) < 4.78 is 29.5. The molecule has 1 aromatic carbocycles. The van der Waals surface area contributed by atoms with Gasteiger partial charge in [0.05, 0.1) is 5.56 Å². The number of aromatic carboxylic acids is 1. The second-order valence-corrected chi connectivity index (χ2v) is 2.55. The molecule has 0 amide bonds. The van der Waals surface area contributed by atoms with Crippen LogP contribution in [0.15, 0.2) is 30.3 Å². The van der Waals surface area contributed by atoms with Gasteiger partial charge in [-0.1, -0.05) is 18.2 Å². The van der Waals surface area contributed by atoms with Gasteiger partial charge in [0.2, 0.25) is 0 Å². The molecule has 0 aromatic heterocycles. The molecule has 0 aliphatic heterocycles. The fourth-order valence-electron chi connectivity index (χ4n) is 0.581. The van der Waals surface area contributed by atoms with Gasteiger partial charge in [0, 0.05) is 0 Å². The summed E-state index contributed by atoms with van der Waals surface area (Å²) in [4.78, 5) is 10.2. The number of rotatable bonds is 1. The number of hydrogen-bond donors (Lipinski definition) is 1. The van der Waals surface area contributed by atoms with Crippen LogP contribution in [0.4, 0.5) is 9.28 Å². The Morgan fingerprint density at radius 3 is 1.77 bits per heavy atom. The minimum absolute atomic E-state index is 0.331. The van der Waals surface area contributed by atoms with Gasteiger partial charge in [-0.25, -0.2) is 4.79 Å². The normalized spacial score (nSPS) is 8.23. The topological polar surface area (TPSA) is 37.3 Å². The van der Waals surface area contributed by atoms with E-state index in [4.69, 9.17) is 5.11 Å². The Bertz CT molecular complexity index is 250. The Balaban J connectivity index is 0.000000310. The Morgan fingerprint density at radius 2 is 1.54 bits per heavy atom. The predicted octanol–water partition coefficient (Wildman–Crippen LogP) is 2.64. The summed E-state index contributed by atoms with van der Waals surface area (Å²) in [7, 11) is 0. The third-order valence-corrected chi connectivity index (χ3v) is 1.02. The van der Waals surface area contributed by atoms with Crippen LogP contribution < -0.4 is 0 Å². The number of benzene rings is 1. The number of carboxylic acids is 1. The minimum atomic E-state index is -4.83. The summed E-state index contributed by atoms with van der Waals surface area (Å²) in [5.74, 6) is -0.879. The van der Waals surface area contributed by atoms with Crippen LogP contribution in [0.25, 0.3) is 0 Å². The summed E-state index contributed by atoms with van der Waals surface area (Å²) in [6.07, 6.45) is 0. The molecule has 13 heavy (non-hydrogen) atoms. The Hall–Kier alpha value is -0.806. The summed E-state index contributed by atoms with van der Waals surface area (Å²) in [6.45, 7) is 0. The van der Waals surface area contributed by atoms with Crippen molar-refractivity contribution in [2.75, 3.05) is 0 Å². The van der Waals surface area contributed by atoms with Crippen molar-refractivity contribution in [2.24, 2.45) is 0 Å². The Morgan fingerprint density at radius 1 is 1.15 bits per heavy atom. The van der Waals surface area contributed by atoms with Crippen molar-refractivity contribution in [3.8, 4) is 0 Å². The fraction of sp³-hybridized carbons (Fsp3) is 0. The van der Waals surface area contributed by atoms with Crippen LogP contribution in [0, 0.1) is 0 Å². The first-order chi connectivity index (χ1) is 6.04. The zero-order valence-corrected chi connectivity index (χ0v) is 7.94. The van der Waals surface area contributed by atoms with E-state index in [1.54, 1.807) is 30.3 Å². The molecule has 0 aliphatic rings. The molecule has 0 fully saturated rings. The summed E-state index contributed by atoms with van der Waals surface area (Å²) >= 11 is -4.83. The molecule has 1 N–H and O–H groups in total. The molecule has 0 saturated heterocycles.